The Morgan fingerprint density at radius 1 is 1.46 bits per heavy atom. The molecule has 0 aromatic carbocycles. The van der Waals surface area contributed by atoms with Gasteiger partial charge in [-0.15, -0.1) is 0 Å². The highest BCUT2D eigenvalue weighted by Crippen LogP contribution is 1.99. The third-order valence-electron chi connectivity index (χ3n) is 1.83. The molecule has 0 amide bonds. The molecule has 0 radical (unpaired) electrons. The van der Waals surface area contributed by atoms with E-state index in [4.69, 9.17) is 0 Å². The quantitative estimate of drug-likeness (QED) is 0.591. The normalized spacial score (nSPS) is 10.9. The molecule has 3 nitrogen and oxygen atoms in total. The van der Waals surface area contributed by atoms with E-state index in [-0.39, 0.29) is 5.97 Å². The van der Waals surface area contributed by atoms with Gasteiger partial charge in [-0.3, -0.25) is 4.79 Å². The summed E-state index contributed by atoms with van der Waals surface area (Å²) in [6, 6.07) is 0. The van der Waals surface area contributed by atoms with Crippen LogP contribution in [-0.4, -0.2) is 38.1 Å². The van der Waals surface area contributed by atoms with Crippen molar-refractivity contribution in [3.8, 4) is 0 Å². The van der Waals surface area contributed by atoms with Crippen LogP contribution in [0.1, 0.15) is 26.7 Å². The van der Waals surface area contributed by atoms with E-state index in [0.717, 1.165) is 19.5 Å². The lowest BCUT2D eigenvalue weighted by atomic mass is 10.2. The Balaban J connectivity index is 3.36. The number of hydrogen-bond donors (Lipinski definition) is 0. The van der Waals surface area contributed by atoms with E-state index in [1.807, 2.05) is 0 Å². The standard InChI is InChI=1S/C10H21NO2/c1-9(2)8-11(3)7-5-6-10(12)13-4/h9H,5-8H2,1-4H3. The van der Waals surface area contributed by atoms with E-state index in [1.165, 1.54) is 7.11 Å². The van der Waals surface area contributed by atoms with Crippen molar-refractivity contribution in [2.45, 2.75) is 26.7 Å². The van der Waals surface area contributed by atoms with Gasteiger partial charge in [0.2, 0.25) is 0 Å². The first-order valence-corrected chi connectivity index (χ1v) is 4.81. The van der Waals surface area contributed by atoms with Gasteiger partial charge in [-0.05, 0) is 25.9 Å². The monoisotopic (exact) mass is 187 g/mol. The molecule has 3 heteroatoms. The fourth-order valence-corrected chi connectivity index (χ4v) is 1.31. The molecule has 0 saturated heterocycles. The molecule has 0 fully saturated rings. The number of carbonyl (C=O) groups excluding carboxylic acids is 1. The molecule has 0 aromatic heterocycles. The van der Waals surface area contributed by atoms with Crippen molar-refractivity contribution in [2.75, 3.05) is 27.2 Å². The molecule has 0 spiro atoms. The first-order valence-electron chi connectivity index (χ1n) is 4.81. The number of carbonyl (C=O) groups is 1. The third kappa shape index (κ3) is 7.78. The Morgan fingerprint density at radius 3 is 2.54 bits per heavy atom. The second-order valence-corrected chi connectivity index (χ2v) is 3.84. The highest BCUT2D eigenvalue weighted by atomic mass is 16.5. The summed E-state index contributed by atoms with van der Waals surface area (Å²) in [7, 11) is 3.51. The molecule has 78 valence electrons. The molecule has 13 heavy (non-hydrogen) atoms. The smallest absolute Gasteiger partial charge is 0.305 e. The predicted molar refractivity (Wildman–Crippen MR) is 53.6 cm³/mol. The molecule has 0 aliphatic carbocycles. The summed E-state index contributed by atoms with van der Waals surface area (Å²) in [5.41, 5.74) is 0. The number of nitrogens with zero attached hydrogens (tertiary/aromatic N) is 1. The molecule has 0 heterocycles. The topological polar surface area (TPSA) is 29.5 Å². The van der Waals surface area contributed by atoms with E-state index in [9.17, 15) is 4.79 Å². The zero-order valence-corrected chi connectivity index (χ0v) is 9.17. The Hall–Kier alpha value is -0.570. The molecule has 0 bridgehead atoms. The fraction of sp³-hybridized carbons (Fsp3) is 0.900. The van der Waals surface area contributed by atoms with Crippen LogP contribution in [0.4, 0.5) is 0 Å². The average Bonchev–Trinajstić information content (AvgIpc) is 2.02. The van der Waals surface area contributed by atoms with Gasteiger partial charge in [0.1, 0.15) is 0 Å². The van der Waals surface area contributed by atoms with Gasteiger partial charge < -0.3 is 9.64 Å². The van der Waals surface area contributed by atoms with Crippen molar-refractivity contribution in [1.29, 1.82) is 0 Å². The zero-order chi connectivity index (χ0) is 10.3. The van der Waals surface area contributed by atoms with Gasteiger partial charge in [0.15, 0.2) is 0 Å². The van der Waals surface area contributed by atoms with Crippen molar-refractivity contribution in [3.05, 3.63) is 0 Å². The van der Waals surface area contributed by atoms with E-state index < -0.39 is 0 Å². The van der Waals surface area contributed by atoms with E-state index in [1.54, 1.807) is 0 Å². The molecular weight excluding hydrogens is 166 g/mol. The van der Waals surface area contributed by atoms with Crippen molar-refractivity contribution in [3.63, 3.8) is 0 Å². The summed E-state index contributed by atoms with van der Waals surface area (Å²) in [6.45, 7) is 6.43. The van der Waals surface area contributed by atoms with Crippen LogP contribution < -0.4 is 0 Å². The van der Waals surface area contributed by atoms with Crippen LogP contribution in [0.3, 0.4) is 0 Å². The number of esters is 1. The van der Waals surface area contributed by atoms with Gasteiger partial charge in [-0.1, -0.05) is 13.8 Å². The maximum absolute atomic E-state index is 10.8. The summed E-state index contributed by atoms with van der Waals surface area (Å²) in [6.07, 6.45) is 1.41. The maximum Gasteiger partial charge on any atom is 0.305 e. The van der Waals surface area contributed by atoms with Gasteiger partial charge in [0, 0.05) is 13.0 Å². The number of ether oxygens (including phenoxy) is 1. The van der Waals surface area contributed by atoms with Crippen molar-refractivity contribution in [2.24, 2.45) is 5.92 Å². The van der Waals surface area contributed by atoms with Crippen LogP contribution >= 0.6 is 0 Å². The van der Waals surface area contributed by atoms with Crippen LogP contribution in [0.5, 0.6) is 0 Å². The number of rotatable bonds is 6. The second kappa shape index (κ2) is 6.89. The van der Waals surface area contributed by atoms with Crippen LogP contribution in [0.2, 0.25) is 0 Å². The summed E-state index contributed by atoms with van der Waals surface area (Å²) in [5.74, 6) is 0.570. The Bertz CT molecular complexity index is 146. The number of hydrogen-bond acceptors (Lipinski definition) is 3. The summed E-state index contributed by atoms with van der Waals surface area (Å²) >= 11 is 0. The van der Waals surface area contributed by atoms with Gasteiger partial charge in [0.05, 0.1) is 7.11 Å². The molecular formula is C10H21NO2. The largest absolute Gasteiger partial charge is 0.469 e. The van der Waals surface area contributed by atoms with Gasteiger partial charge >= 0.3 is 5.97 Å². The van der Waals surface area contributed by atoms with E-state index >= 15 is 0 Å². The third-order valence-corrected chi connectivity index (χ3v) is 1.83. The predicted octanol–water partition coefficient (Wildman–Crippen LogP) is 1.53. The Kier molecular flexibility index (Phi) is 6.59. The Morgan fingerprint density at radius 2 is 2.08 bits per heavy atom. The molecule has 0 aliphatic heterocycles. The first-order chi connectivity index (χ1) is 6.06. The van der Waals surface area contributed by atoms with Crippen LogP contribution in [-0.2, 0) is 9.53 Å². The fourth-order valence-electron chi connectivity index (χ4n) is 1.31. The summed E-state index contributed by atoms with van der Waals surface area (Å²) in [5, 5.41) is 0. The van der Waals surface area contributed by atoms with Crippen molar-refractivity contribution in [1.82, 2.24) is 4.90 Å². The summed E-state index contributed by atoms with van der Waals surface area (Å²) < 4.78 is 4.56. The second-order valence-electron chi connectivity index (χ2n) is 3.84. The van der Waals surface area contributed by atoms with Crippen LogP contribution in [0.15, 0.2) is 0 Å². The molecule has 0 unspecified atom stereocenters. The van der Waals surface area contributed by atoms with Gasteiger partial charge in [0.25, 0.3) is 0 Å². The molecule has 0 rings (SSSR count). The molecule has 0 aromatic rings. The highest BCUT2D eigenvalue weighted by Gasteiger charge is 2.03. The zero-order valence-electron chi connectivity index (χ0n) is 9.17. The first kappa shape index (κ1) is 12.4. The minimum absolute atomic E-state index is 0.113. The minimum atomic E-state index is -0.113. The summed E-state index contributed by atoms with van der Waals surface area (Å²) in [4.78, 5) is 13.0. The lowest BCUT2D eigenvalue weighted by Gasteiger charge is -2.18. The molecule has 0 atom stereocenters. The molecule has 0 saturated carbocycles. The Labute approximate surface area is 81.1 Å². The van der Waals surface area contributed by atoms with Crippen LogP contribution in [0.25, 0.3) is 0 Å². The maximum atomic E-state index is 10.8. The van der Waals surface area contributed by atoms with Gasteiger partial charge in [-0.25, -0.2) is 0 Å². The minimum Gasteiger partial charge on any atom is -0.469 e. The molecule has 0 N–H and O–H groups in total. The van der Waals surface area contributed by atoms with Crippen molar-refractivity contribution < 1.29 is 9.53 Å². The van der Waals surface area contributed by atoms with Gasteiger partial charge in [-0.2, -0.15) is 0 Å². The SMILES string of the molecule is COC(=O)CCCN(C)CC(C)C. The van der Waals surface area contributed by atoms with E-state index in [0.29, 0.717) is 12.3 Å². The lowest BCUT2D eigenvalue weighted by molar-refractivity contribution is -0.140. The van der Waals surface area contributed by atoms with Crippen molar-refractivity contribution >= 4 is 5.97 Å². The number of methoxy groups -OCH3 is 1. The van der Waals surface area contributed by atoms with Crippen LogP contribution in [0, 0.1) is 5.92 Å². The molecule has 0 aliphatic rings. The lowest BCUT2D eigenvalue weighted by Crippen LogP contribution is -2.24. The average molecular weight is 187 g/mol. The van der Waals surface area contributed by atoms with E-state index in [2.05, 4.69) is 30.5 Å². The highest BCUT2D eigenvalue weighted by molar-refractivity contribution is 5.69.